The van der Waals surface area contributed by atoms with E-state index in [1.165, 1.54) is 30.7 Å². The topological polar surface area (TPSA) is 75.4 Å². The average Bonchev–Trinajstić information content (AvgIpc) is 3.29. The smallest absolute Gasteiger partial charge is 0.253 e. The molecule has 29 heavy (non-hydrogen) atoms. The van der Waals surface area contributed by atoms with E-state index in [9.17, 15) is 14.0 Å². The van der Waals surface area contributed by atoms with Gasteiger partial charge in [-0.05, 0) is 49.2 Å². The monoisotopic (exact) mass is 393 g/mol. The molecule has 7 heteroatoms. The summed E-state index contributed by atoms with van der Waals surface area (Å²) in [5.74, 6) is -0.101. The highest BCUT2D eigenvalue weighted by Crippen LogP contribution is 2.24. The van der Waals surface area contributed by atoms with Crippen molar-refractivity contribution in [2.75, 3.05) is 18.4 Å². The number of aromatic nitrogens is 1. The van der Waals surface area contributed by atoms with Crippen molar-refractivity contribution in [3.05, 3.63) is 72.5 Å². The van der Waals surface area contributed by atoms with Gasteiger partial charge in [-0.2, -0.15) is 0 Å². The highest BCUT2D eigenvalue weighted by Gasteiger charge is 2.28. The molecule has 1 aromatic heterocycles. The van der Waals surface area contributed by atoms with Crippen LogP contribution in [0.3, 0.4) is 0 Å². The van der Waals surface area contributed by atoms with E-state index in [1.54, 1.807) is 11.1 Å². The Bertz CT molecular complexity index is 994. The summed E-state index contributed by atoms with van der Waals surface area (Å²) < 4.78 is 18.3. The van der Waals surface area contributed by atoms with Crippen LogP contribution in [0.5, 0.6) is 0 Å². The molecular weight excluding hydrogens is 373 g/mol. The number of rotatable bonds is 4. The van der Waals surface area contributed by atoms with Gasteiger partial charge in [0.1, 0.15) is 5.82 Å². The zero-order valence-electron chi connectivity index (χ0n) is 15.7. The summed E-state index contributed by atoms with van der Waals surface area (Å²) in [5.41, 5.74) is 1.98. The van der Waals surface area contributed by atoms with Crippen molar-refractivity contribution < 1.29 is 18.4 Å². The lowest BCUT2D eigenvalue weighted by molar-refractivity contribution is -0.121. The highest BCUT2D eigenvalue weighted by molar-refractivity contribution is 5.95. The molecule has 4 rings (SSSR count). The van der Waals surface area contributed by atoms with Crippen molar-refractivity contribution in [3.8, 4) is 11.3 Å². The van der Waals surface area contributed by atoms with Crippen LogP contribution in [0.4, 0.5) is 10.1 Å². The summed E-state index contributed by atoms with van der Waals surface area (Å²) in [4.78, 5) is 30.8. The maximum Gasteiger partial charge on any atom is 0.253 e. The Morgan fingerprint density at radius 1 is 1.10 bits per heavy atom. The van der Waals surface area contributed by atoms with Crippen molar-refractivity contribution in [2.45, 2.75) is 12.8 Å². The number of piperidine rings is 1. The zero-order valence-corrected chi connectivity index (χ0v) is 15.7. The number of hydrogen-bond donors (Lipinski definition) is 1. The van der Waals surface area contributed by atoms with Gasteiger partial charge in [0.05, 0.1) is 6.20 Å². The first-order chi connectivity index (χ1) is 14.1. The summed E-state index contributed by atoms with van der Waals surface area (Å²) in [7, 11) is 0. The van der Waals surface area contributed by atoms with Crippen LogP contribution in [-0.2, 0) is 4.79 Å². The molecule has 0 saturated carbocycles. The number of halogens is 1. The fourth-order valence-corrected chi connectivity index (χ4v) is 3.47. The van der Waals surface area contributed by atoms with E-state index in [-0.39, 0.29) is 23.5 Å². The predicted octanol–water partition coefficient (Wildman–Crippen LogP) is 3.97. The molecule has 1 aliphatic rings. The summed E-state index contributed by atoms with van der Waals surface area (Å²) in [5, 5.41) is 2.95. The van der Waals surface area contributed by atoms with E-state index in [2.05, 4.69) is 10.3 Å². The third-order valence-electron chi connectivity index (χ3n) is 5.09. The lowest BCUT2D eigenvalue weighted by Gasteiger charge is -2.31. The van der Waals surface area contributed by atoms with Gasteiger partial charge in [0, 0.05) is 35.8 Å². The third kappa shape index (κ3) is 4.34. The molecule has 1 N–H and O–H groups in total. The maximum atomic E-state index is 13.0. The van der Waals surface area contributed by atoms with E-state index in [0.717, 1.165) is 5.56 Å². The van der Waals surface area contributed by atoms with Gasteiger partial charge in [-0.3, -0.25) is 9.59 Å². The molecule has 0 atom stereocenters. The molecule has 1 saturated heterocycles. The number of hydrogen-bond acceptors (Lipinski definition) is 4. The number of nitrogens with zero attached hydrogens (tertiary/aromatic N) is 2. The lowest BCUT2D eigenvalue weighted by Crippen LogP contribution is -2.41. The molecule has 0 aliphatic carbocycles. The molecule has 148 valence electrons. The summed E-state index contributed by atoms with van der Waals surface area (Å²) in [6, 6.07) is 12.9. The second-order valence-electron chi connectivity index (χ2n) is 7.01. The van der Waals surface area contributed by atoms with E-state index in [4.69, 9.17) is 4.42 Å². The Balaban J connectivity index is 1.34. The highest BCUT2D eigenvalue weighted by atomic mass is 19.1. The largest absolute Gasteiger partial charge is 0.444 e. The van der Waals surface area contributed by atoms with Crippen molar-refractivity contribution in [3.63, 3.8) is 0 Å². The predicted molar refractivity (Wildman–Crippen MR) is 106 cm³/mol. The molecule has 1 fully saturated rings. The number of likely N-dealkylation sites (tertiary alicyclic amines) is 1. The molecule has 0 spiro atoms. The van der Waals surface area contributed by atoms with Crippen LogP contribution in [-0.4, -0.2) is 34.8 Å². The molecule has 1 aliphatic heterocycles. The fraction of sp³-hybridized carbons (Fsp3) is 0.227. The molecule has 0 unspecified atom stereocenters. The summed E-state index contributed by atoms with van der Waals surface area (Å²) >= 11 is 0. The molecule has 3 aromatic rings. The number of anilines is 1. The summed E-state index contributed by atoms with van der Waals surface area (Å²) in [6.45, 7) is 0.985. The van der Waals surface area contributed by atoms with Gasteiger partial charge in [-0.25, -0.2) is 9.37 Å². The Hall–Kier alpha value is -3.48. The van der Waals surface area contributed by atoms with Crippen molar-refractivity contribution in [2.24, 2.45) is 5.92 Å². The second-order valence-corrected chi connectivity index (χ2v) is 7.01. The van der Waals surface area contributed by atoms with Crippen LogP contribution >= 0.6 is 0 Å². The SMILES string of the molecule is O=C(Nc1cccc(-c2cnco2)c1)C1CCN(C(=O)c2ccc(F)cc2)CC1. The minimum atomic E-state index is -0.371. The normalized spacial score (nSPS) is 14.6. The number of carbonyl (C=O) groups is 2. The fourth-order valence-electron chi connectivity index (χ4n) is 3.47. The standard InChI is InChI=1S/C22H20FN3O3/c23-18-6-4-16(5-7-18)22(28)26-10-8-15(9-11-26)21(27)25-19-3-1-2-17(12-19)20-13-24-14-29-20/h1-7,12-15H,8-11H2,(H,25,27). The second kappa shape index (κ2) is 8.26. The van der Waals surface area contributed by atoms with E-state index in [0.29, 0.717) is 42.9 Å². The Labute approximate surface area is 167 Å². The first-order valence-corrected chi connectivity index (χ1v) is 9.45. The number of oxazole rings is 1. The Morgan fingerprint density at radius 2 is 1.86 bits per heavy atom. The molecule has 2 aromatic carbocycles. The van der Waals surface area contributed by atoms with Gasteiger partial charge in [0.15, 0.2) is 12.2 Å². The van der Waals surface area contributed by atoms with Gasteiger partial charge in [-0.1, -0.05) is 12.1 Å². The van der Waals surface area contributed by atoms with Crippen LogP contribution in [0.15, 0.2) is 65.5 Å². The lowest BCUT2D eigenvalue weighted by atomic mass is 9.95. The minimum Gasteiger partial charge on any atom is -0.444 e. The molecule has 0 bridgehead atoms. The van der Waals surface area contributed by atoms with Crippen LogP contribution in [0.1, 0.15) is 23.2 Å². The van der Waals surface area contributed by atoms with E-state index in [1.807, 2.05) is 24.3 Å². The molecule has 2 heterocycles. The van der Waals surface area contributed by atoms with Crippen molar-refractivity contribution in [1.82, 2.24) is 9.88 Å². The van der Waals surface area contributed by atoms with Crippen LogP contribution < -0.4 is 5.32 Å². The van der Waals surface area contributed by atoms with Gasteiger partial charge < -0.3 is 14.6 Å². The van der Waals surface area contributed by atoms with Crippen molar-refractivity contribution in [1.29, 1.82) is 0 Å². The minimum absolute atomic E-state index is 0.0615. The molecule has 2 amide bonds. The molecule has 6 nitrogen and oxygen atoms in total. The third-order valence-corrected chi connectivity index (χ3v) is 5.09. The van der Waals surface area contributed by atoms with Gasteiger partial charge in [0.25, 0.3) is 5.91 Å². The van der Waals surface area contributed by atoms with Crippen LogP contribution in [0.2, 0.25) is 0 Å². The van der Waals surface area contributed by atoms with Crippen LogP contribution in [0.25, 0.3) is 11.3 Å². The number of carbonyl (C=O) groups excluding carboxylic acids is 2. The van der Waals surface area contributed by atoms with E-state index < -0.39 is 0 Å². The number of nitrogens with one attached hydrogen (secondary N) is 1. The van der Waals surface area contributed by atoms with Crippen LogP contribution in [0, 0.1) is 11.7 Å². The number of benzene rings is 2. The van der Waals surface area contributed by atoms with Gasteiger partial charge >= 0.3 is 0 Å². The first-order valence-electron chi connectivity index (χ1n) is 9.45. The molecular formula is C22H20FN3O3. The number of amides is 2. The van der Waals surface area contributed by atoms with Gasteiger partial charge in [-0.15, -0.1) is 0 Å². The Morgan fingerprint density at radius 3 is 2.55 bits per heavy atom. The Kier molecular flexibility index (Phi) is 5.37. The molecule has 0 radical (unpaired) electrons. The first kappa shape index (κ1) is 18.9. The average molecular weight is 393 g/mol. The zero-order chi connectivity index (χ0) is 20.2. The maximum absolute atomic E-state index is 13.0. The quantitative estimate of drug-likeness (QED) is 0.728. The van der Waals surface area contributed by atoms with Gasteiger partial charge in [0.2, 0.25) is 5.91 Å². The van der Waals surface area contributed by atoms with E-state index >= 15 is 0 Å². The van der Waals surface area contributed by atoms with Crippen molar-refractivity contribution >= 4 is 17.5 Å². The summed E-state index contributed by atoms with van der Waals surface area (Å²) in [6.07, 6.45) is 4.15.